The molecule has 0 aliphatic carbocycles. The highest BCUT2D eigenvalue weighted by Crippen LogP contribution is 2.36. The molecular formula is C21H21BrCl2N2O4. The van der Waals surface area contributed by atoms with Crippen LogP contribution in [0.2, 0.25) is 5.02 Å². The minimum absolute atomic E-state index is 0. The normalized spacial score (nSPS) is 10.9. The van der Waals surface area contributed by atoms with Gasteiger partial charge in [0.15, 0.2) is 0 Å². The number of halogens is 3. The smallest absolute Gasteiger partial charge is 0.307 e. The lowest BCUT2D eigenvalue weighted by molar-refractivity contribution is -0.136. The highest BCUT2D eigenvalue weighted by molar-refractivity contribution is 9.10. The molecule has 2 aromatic carbocycles. The Balaban J connectivity index is 0.00000320. The van der Waals surface area contributed by atoms with Gasteiger partial charge in [0.2, 0.25) is 0 Å². The Morgan fingerprint density at radius 3 is 2.37 bits per heavy atom. The van der Waals surface area contributed by atoms with Crippen LogP contribution in [0.5, 0.6) is 5.75 Å². The number of fused-ring (bicyclic) bond motifs is 1. The number of carbonyl (C=O) groups is 2. The van der Waals surface area contributed by atoms with Crippen LogP contribution in [0.15, 0.2) is 40.9 Å². The standard InChI is InChI=1S/C21H20BrClN2O4.ClH/c1-24(2)11-18-15(9-20(26)27)14-8-19(29-3)16(22)10-17(14)25(18)21(28)12-4-6-13(23)7-5-12;/h4-8,10H,9,11H2,1-3H3,(H,26,27);1H. The number of benzene rings is 2. The molecule has 1 aromatic heterocycles. The van der Waals surface area contributed by atoms with E-state index in [9.17, 15) is 14.7 Å². The Kier molecular flexibility index (Phi) is 7.93. The average molecular weight is 516 g/mol. The Morgan fingerprint density at radius 2 is 1.83 bits per heavy atom. The summed E-state index contributed by atoms with van der Waals surface area (Å²) in [7, 11) is 5.28. The number of hydrogen-bond donors (Lipinski definition) is 1. The molecule has 0 spiro atoms. The van der Waals surface area contributed by atoms with Crippen molar-refractivity contribution in [2.75, 3.05) is 21.2 Å². The zero-order chi connectivity index (χ0) is 21.3. The first-order chi connectivity index (χ1) is 13.7. The molecule has 0 fully saturated rings. The zero-order valence-corrected chi connectivity index (χ0v) is 19.8. The molecule has 0 aliphatic heterocycles. The highest BCUT2D eigenvalue weighted by Gasteiger charge is 2.25. The molecule has 0 saturated heterocycles. The Labute approximate surface area is 193 Å². The number of aliphatic carboxylic acids is 1. The molecule has 0 saturated carbocycles. The summed E-state index contributed by atoms with van der Waals surface area (Å²) in [6, 6.07) is 10.2. The third-order valence-electron chi connectivity index (χ3n) is 4.54. The predicted molar refractivity (Wildman–Crippen MR) is 123 cm³/mol. The first-order valence-electron chi connectivity index (χ1n) is 8.79. The SMILES string of the molecule is COc1cc2c(CC(=O)O)c(CN(C)C)n(C(=O)c3ccc(Cl)cc3)c2cc1Br.Cl. The van der Waals surface area contributed by atoms with Crippen molar-refractivity contribution in [3.8, 4) is 5.75 Å². The van der Waals surface area contributed by atoms with Crippen LogP contribution in [0.4, 0.5) is 0 Å². The molecule has 6 nitrogen and oxygen atoms in total. The quantitative estimate of drug-likeness (QED) is 0.507. The van der Waals surface area contributed by atoms with Gasteiger partial charge in [-0.25, -0.2) is 0 Å². The Bertz CT molecular complexity index is 1090. The molecule has 0 unspecified atom stereocenters. The first-order valence-corrected chi connectivity index (χ1v) is 9.96. The van der Waals surface area contributed by atoms with E-state index < -0.39 is 5.97 Å². The summed E-state index contributed by atoms with van der Waals surface area (Å²) < 4.78 is 7.65. The minimum Gasteiger partial charge on any atom is -0.496 e. The van der Waals surface area contributed by atoms with Crippen molar-refractivity contribution in [3.63, 3.8) is 0 Å². The molecule has 1 heterocycles. The summed E-state index contributed by atoms with van der Waals surface area (Å²) in [5, 5.41) is 10.7. The van der Waals surface area contributed by atoms with Gasteiger partial charge in [0.25, 0.3) is 5.91 Å². The third kappa shape index (κ3) is 4.81. The van der Waals surface area contributed by atoms with Crippen LogP contribution in [-0.4, -0.2) is 47.7 Å². The molecule has 3 aromatic rings. The van der Waals surface area contributed by atoms with Gasteiger partial charge in [-0.3, -0.25) is 14.2 Å². The van der Waals surface area contributed by atoms with E-state index in [-0.39, 0.29) is 24.7 Å². The second kappa shape index (κ2) is 9.83. The molecule has 30 heavy (non-hydrogen) atoms. The molecule has 1 N–H and O–H groups in total. The van der Waals surface area contributed by atoms with Crippen LogP contribution < -0.4 is 4.74 Å². The van der Waals surface area contributed by atoms with E-state index in [0.717, 1.165) is 0 Å². The molecule has 0 radical (unpaired) electrons. The van der Waals surface area contributed by atoms with Gasteiger partial charge in [-0.1, -0.05) is 11.6 Å². The van der Waals surface area contributed by atoms with Crippen molar-refractivity contribution in [2.24, 2.45) is 0 Å². The summed E-state index contributed by atoms with van der Waals surface area (Å²) in [6.07, 6.45) is -0.203. The fourth-order valence-corrected chi connectivity index (χ4v) is 3.95. The minimum atomic E-state index is -0.968. The maximum absolute atomic E-state index is 13.4. The second-order valence-electron chi connectivity index (χ2n) is 6.88. The monoisotopic (exact) mass is 514 g/mol. The topological polar surface area (TPSA) is 71.8 Å². The molecule has 3 rings (SSSR count). The third-order valence-corrected chi connectivity index (χ3v) is 5.41. The number of nitrogens with zero attached hydrogens (tertiary/aromatic N) is 2. The van der Waals surface area contributed by atoms with E-state index in [2.05, 4.69) is 15.9 Å². The van der Waals surface area contributed by atoms with E-state index in [1.54, 1.807) is 48.1 Å². The van der Waals surface area contributed by atoms with Crippen LogP contribution >= 0.6 is 39.9 Å². The summed E-state index contributed by atoms with van der Waals surface area (Å²) >= 11 is 9.43. The van der Waals surface area contributed by atoms with Gasteiger partial charge >= 0.3 is 5.97 Å². The van der Waals surface area contributed by atoms with Crippen molar-refractivity contribution >= 4 is 62.7 Å². The maximum Gasteiger partial charge on any atom is 0.307 e. The van der Waals surface area contributed by atoms with E-state index in [1.807, 2.05) is 19.0 Å². The van der Waals surface area contributed by atoms with Crippen LogP contribution in [-0.2, 0) is 17.8 Å². The summed E-state index contributed by atoms with van der Waals surface area (Å²) in [6.45, 7) is 0.399. The van der Waals surface area contributed by atoms with Crippen LogP contribution in [0.3, 0.4) is 0 Å². The molecule has 0 atom stereocenters. The lowest BCUT2D eigenvalue weighted by Crippen LogP contribution is -2.21. The van der Waals surface area contributed by atoms with Crippen molar-refractivity contribution in [1.82, 2.24) is 9.47 Å². The van der Waals surface area contributed by atoms with Crippen molar-refractivity contribution < 1.29 is 19.4 Å². The largest absolute Gasteiger partial charge is 0.496 e. The fourth-order valence-electron chi connectivity index (χ4n) is 3.33. The molecule has 9 heteroatoms. The number of ether oxygens (including phenoxy) is 1. The molecule has 160 valence electrons. The lowest BCUT2D eigenvalue weighted by atomic mass is 10.1. The molecule has 0 aliphatic rings. The fraction of sp³-hybridized carbons (Fsp3) is 0.238. The first kappa shape index (κ1) is 24.2. The van der Waals surface area contributed by atoms with Crippen LogP contribution in [0.1, 0.15) is 21.6 Å². The van der Waals surface area contributed by atoms with Crippen LogP contribution in [0, 0.1) is 0 Å². The summed E-state index contributed by atoms with van der Waals surface area (Å²) in [5.74, 6) is -0.654. The van der Waals surface area contributed by atoms with Gasteiger partial charge in [-0.2, -0.15) is 0 Å². The van der Waals surface area contributed by atoms with Crippen LogP contribution in [0.25, 0.3) is 10.9 Å². The van der Waals surface area contributed by atoms with Gasteiger partial charge in [0.05, 0.1) is 23.5 Å². The molecule has 0 bridgehead atoms. The van der Waals surface area contributed by atoms with Crippen molar-refractivity contribution in [1.29, 1.82) is 0 Å². The maximum atomic E-state index is 13.4. The second-order valence-corrected chi connectivity index (χ2v) is 8.18. The van der Waals surface area contributed by atoms with Gasteiger partial charge in [-0.15, -0.1) is 12.4 Å². The van der Waals surface area contributed by atoms with E-state index >= 15 is 0 Å². The average Bonchev–Trinajstić information content (AvgIpc) is 2.92. The van der Waals surface area contributed by atoms with Gasteiger partial charge in [0.1, 0.15) is 5.75 Å². The molecule has 0 amide bonds. The molecular weight excluding hydrogens is 495 g/mol. The summed E-state index contributed by atoms with van der Waals surface area (Å²) in [4.78, 5) is 26.9. The number of rotatable bonds is 6. The Morgan fingerprint density at radius 1 is 1.20 bits per heavy atom. The van der Waals surface area contributed by atoms with Crippen molar-refractivity contribution in [2.45, 2.75) is 13.0 Å². The van der Waals surface area contributed by atoms with Gasteiger partial charge in [-0.05, 0) is 72.0 Å². The number of hydrogen-bond acceptors (Lipinski definition) is 4. The van der Waals surface area contributed by atoms with E-state index in [1.165, 1.54) is 0 Å². The van der Waals surface area contributed by atoms with E-state index in [0.29, 0.717) is 49.5 Å². The van der Waals surface area contributed by atoms with E-state index in [4.69, 9.17) is 16.3 Å². The number of methoxy groups -OCH3 is 1. The summed E-state index contributed by atoms with van der Waals surface area (Å²) in [5.41, 5.74) is 2.30. The number of carbonyl (C=O) groups excluding carboxylic acids is 1. The highest BCUT2D eigenvalue weighted by atomic mass is 79.9. The van der Waals surface area contributed by atoms with Gasteiger partial charge < -0.3 is 14.7 Å². The number of aromatic nitrogens is 1. The Hall–Kier alpha value is -2.06. The zero-order valence-electron chi connectivity index (χ0n) is 16.6. The lowest BCUT2D eigenvalue weighted by Gasteiger charge is -2.15. The number of carboxylic acids is 1. The number of carboxylic acid groups (broad SMARTS) is 1. The predicted octanol–water partition coefficient (Wildman–Crippen LogP) is 4.86. The van der Waals surface area contributed by atoms with Gasteiger partial charge in [0, 0.05) is 28.2 Å². The van der Waals surface area contributed by atoms with Crippen molar-refractivity contribution in [3.05, 3.63) is 62.7 Å².